The maximum Gasteiger partial charge on any atom is 0.244 e. The van der Waals surface area contributed by atoms with Crippen LogP contribution in [0.2, 0.25) is 5.02 Å². The molecular weight excluding hydrogens is 340 g/mol. The van der Waals surface area contributed by atoms with E-state index in [-0.39, 0.29) is 18.4 Å². The van der Waals surface area contributed by atoms with Crippen LogP contribution in [0.25, 0.3) is 0 Å². The molecule has 0 radical (unpaired) electrons. The van der Waals surface area contributed by atoms with Gasteiger partial charge < -0.3 is 15.0 Å². The van der Waals surface area contributed by atoms with E-state index in [9.17, 15) is 9.59 Å². The lowest BCUT2D eigenvalue weighted by Gasteiger charge is -2.29. The number of anilines is 2. The first kappa shape index (κ1) is 17.3. The van der Waals surface area contributed by atoms with Crippen LogP contribution in [0.15, 0.2) is 42.5 Å². The largest absolute Gasteiger partial charge is 0.494 e. The third kappa shape index (κ3) is 4.12. The molecule has 1 aliphatic rings. The Morgan fingerprint density at radius 2 is 2.08 bits per heavy atom. The van der Waals surface area contributed by atoms with Crippen molar-refractivity contribution in [3.63, 3.8) is 0 Å². The molecule has 0 saturated carbocycles. The molecule has 5 nitrogen and oxygen atoms in total. The van der Waals surface area contributed by atoms with Crippen LogP contribution >= 0.6 is 11.6 Å². The van der Waals surface area contributed by atoms with E-state index in [1.807, 2.05) is 37.3 Å². The lowest BCUT2D eigenvalue weighted by molar-refractivity contribution is -0.122. The summed E-state index contributed by atoms with van der Waals surface area (Å²) in [4.78, 5) is 25.8. The van der Waals surface area contributed by atoms with Gasteiger partial charge in [-0.2, -0.15) is 0 Å². The summed E-state index contributed by atoms with van der Waals surface area (Å²) >= 11 is 5.98. The summed E-state index contributed by atoms with van der Waals surface area (Å²) in [7, 11) is 0. The fraction of sp³-hybridized carbons (Fsp3) is 0.263. The molecule has 3 rings (SSSR count). The number of hydrogen-bond acceptors (Lipinski definition) is 3. The number of benzene rings is 2. The molecule has 0 unspecified atom stereocenters. The Balaban J connectivity index is 1.54. The highest BCUT2D eigenvalue weighted by atomic mass is 35.5. The molecule has 0 fully saturated rings. The monoisotopic (exact) mass is 358 g/mol. The molecule has 2 amide bonds. The predicted octanol–water partition coefficient (Wildman–Crippen LogP) is 3.79. The van der Waals surface area contributed by atoms with Gasteiger partial charge >= 0.3 is 0 Å². The van der Waals surface area contributed by atoms with Gasteiger partial charge in [0.05, 0.1) is 18.0 Å². The molecule has 1 heterocycles. The molecule has 25 heavy (non-hydrogen) atoms. The van der Waals surface area contributed by atoms with E-state index < -0.39 is 0 Å². The quantitative estimate of drug-likeness (QED) is 0.827. The minimum absolute atomic E-state index is 0.0487. The molecule has 0 atom stereocenters. The van der Waals surface area contributed by atoms with Crippen LogP contribution in [0.5, 0.6) is 5.75 Å². The molecule has 1 N–H and O–H groups in total. The van der Waals surface area contributed by atoms with Crippen LogP contribution in [0.1, 0.15) is 18.4 Å². The second-order valence-electron chi connectivity index (χ2n) is 5.91. The molecular formula is C19H19ClN2O3. The fourth-order valence-electron chi connectivity index (χ4n) is 2.71. The predicted molar refractivity (Wildman–Crippen MR) is 98.3 cm³/mol. The summed E-state index contributed by atoms with van der Waals surface area (Å²) in [5.41, 5.74) is 2.35. The van der Waals surface area contributed by atoms with Crippen molar-refractivity contribution in [3.8, 4) is 5.75 Å². The number of rotatable bonds is 5. The lowest BCUT2D eigenvalue weighted by Crippen LogP contribution is -2.42. The molecule has 0 aliphatic carbocycles. The van der Waals surface area contributed by atoms with Gasteiger partial charge in [-0.3, -0.25) is 9.59 Å². The molecule has 2 aromatic carbocycles. The van der Waals surface area contributed by atoms with Gasteiger partial charge in [-0.25, -0.2) is 0 Å². The van der Waals surface area contributed by atoms with Gasteiger partial charge in [-0.1, -0.05) is 23.7 Å². The third-order valence-corrected chi connectivity index (χ3v) is 4.43. The summed E-state index contributed by atoms with van der Waals surface area (Å²) in [5, 5.41) is 3.47. The highest BCUT2D eigenvalue weighted by Gasteiger charge is 2.25. The van der Waals surface area contributed by atoms with Crippen molar-refractivity contribution in [3.05, 3.63) is 53.1 Å². The number of ether oxygens (including phenoxy) is 1. The Hall–Kier alpha value is -2.53. The average Bonchev–Trinajstić information content (AvgIpc) is 2.60. The smallest absolute Gasteiger partial charge is 0.244 e. The van der Waals surface area contributed by atoms with Crippen LogP contribution in [-0.2, 0) is 9.59 Å². The van der Waals surface area contributed by atoms with Gasteiger partial charge in [0.25, 0.3) is 0 Å². The van der Waals surface area contributed by atoms with Crippen LogP contribution in [-0.4, -0.2) is 25.0 Å². The summed E-state index contributed by atoms with van der Waals surface area (Å²) < 4.78 is 5.66. The summed E-state index contributed by atoms with van der Waals surface area (Å²) in [6, 6.07) is 12.8. The number of carbonyl (C=O) groups excluding carboxylic acids is 2. The first-order valence-corrected chi connectivity index (χ1v) is 8.50. The SMILES string of the molecule is Cc1cc(OCCCC(=O)N2CC(=O)Nc3ccccc32)ccc1Cl. The van der Waals surface area contributed by atoms with Crippen molar-refractivity contribution in [2.45, 2.75) is 19.8 Å². The zero-order valence-electron chi connectivity index (χ0n) is 13.9. The highest BCUT2D eigenvalue weighted by Crippen LogP contribution is 2.29. The van der Waals surface area contributed by atoms with Crippen molar-refractivity contribution < 1.29 is 14.3 Å². The Kier molecular flexibility index (Phi) is 5.24. The van der Waals surface area contributed by atoms with Gasteiger partial charge in [0.2, 0.25) is 11.8 Å². The minimum Gasteiger partial charge on any atom is -0.494 e. The number of fused-ring (bicyclic) bond motifs is 1. The average molecular weight is 359 g/mol. The molecule has 0 spiro atoms. The number of halogens is 1. The molecule has 2 aromatic rings. The van der Waals surface area contributed by atoms with Crippen LogP contribution in [0.3, 0.4) is 0 Å². The second-order valence-corrected chi connectivity index (χ2v) is 6.32. The normalized spacial score (nSPS) is 13.2. The number of nitrogens with zero attached hydrogens (tertiary/aromatic N) is 1. The first-order chi connectivity index (χ1) is 12.0. The van der Waals surface area contributed by atoms with Crippen molar-refractivity contribution >= 4 is 34.8 Å². The van der Waals surface area contributed by atoms with E-state index in [0.717, 1.165) is 17.0 Å². The van der Waals surface area contributed by atoms with Crippen LogP contribution < -0.4 is 15.0 Å². The van der Waals surface area contributed by atoms with Crippen LogP contribution in [0.4, 0.5) is 11.4 Å². The van der Waals surface area contributed by atoms with Gasteiger partial charge in [0.15, 0.2) is 0 Å². The fourth-order valence-corrected chi connectivity index (χ4v) is 2.83. The van der Waals surface area contributed by atoms with E-state index in [2.05, 4.69) is 5.32 Å². The number of amides is 2. The van der Waals surface area contributed by atoms with E-state index in [0.29, 0.717) is 30.2 Å². The summed E-state index contributed by atoms with van der Waals surface area (Å²) in [5.74, 6) is 0.468. The van der Waals surface area contributed by atoms with Crippen molar-refractivity contribution in [2.24, 2.45) is 0 Å². The molecule has 0 bridgehead atoms. The first-order valence-electron chi connectivity index (χ1n) is 8.13. The van der Waals surface area contributed by atoms with E-state index in [1.165, 1.54) is 4.90 Å². The number of carbonyl (C=O) groups is 2. The van der Waals surface area contributed by atoms with Gasteiger partial charge in [-0.05, 0) is 49.2 Å². The number of aryl methyl sites for hydroxylation is 1. The maximum atomic E-state index is 12.5. The topological polar surface area (TPSA) is 58.6 Å². The van der Waals surface area contributed by atoms with E-state index >= 15 is 0 Å². The van der Waals surface area contributed by atoms with E-state index in [1.54, 1.807) is 12.1 Å². The molecule has 130 valence electrons. The number of hydrogen-bond donors (Lipinski definition) is 1. The highest BCUT2D eigenvalue weighted by molar-refractivity contribution is 6.31. The molecule has 6 heteroatoms. The Morgan fingerprint density at radius 1 is 1.28 bits per heavy atom. The Bertz CT molecular complexity index is 807. The molecule has 0 saturated heterocycles. The van der Waals surface area contributed by atoms with Crippen molar-refractivity contribution in [1.82, 2.24) is 0 Å². The Morgan fingerprint density at radius 3 is 2.88 bits per heavy atom. The standard InChI is InChI=1S/C19H19ClN2O3/c1-13-11-14(8-9-15(13)20)25-10-4-7-19(24)22-12-18(23)21-16-5-2-3-6-17(16)22/h2-3,5-6,8-9,11H,4,7,10,12H2,1H3,(H,21,23). The summed E-state index contributed by atoms with van der Waals surface area (Å²) in [6.45, 7) is 2.39. The van der Waals surface area contributed by atoms with Gasteiger partial charge in [-0.15, -0.1) is 0 Å². The van der Waals surface area contributed by atoms with Gasteiger partial charge in [0, 0.05) is 11.4 Å². The number of nitrogens with one attached hydrogen (secondary N) is 1. The van der Waals surface area contributed by atoms with Crippen molar-refractivity contribution in [2.75, 3.05) is 23.4 Å². The van der Waals surface area contributed by atoms with Crippen LogP contribution in [0, 0.1) is 6.92 Å². The number of para-hydroxylation sites is 2. The lowest BCUT2D eigenvalue weighted by atomic mass is 10.1. The second kappa shape index (κ2) is 7.57. The maximum absolute atomic E-state index is 12.5. The zero-order valence-corrected chi connectivity index (χ0v) is 14.7. The minimum atomic E-state index is -0.181. The Labute approximate surface area is 151 Å². The molecule has 1 aliphatic heterocycles. The zero-order chi connectivity index (χ0) is 17.8. The molecule has 0 aromatic heterocycles. The third-order valence-electron chi connectivity index (χ3n) is 4.00. The summed E-state index contributed by atoms with van der Waals surface area (Å²) in [6.07, 6.45) is 0.884. The van der Waals surface area contributed by atoms with Gasteiger partial charge in [0.1, 0.15) is 12.3 Å². The van der Waals surface area contributed by atoms with E-state index in [4.69, 9.17) is 16.3 Å². The van der Waals surface area contributed by atoms with Crippen molar-refractivity contribution in [1.29, 1.82) is 0 Å².